The van der Waals surface area contributed by atoms with Gasteiger partial charge in [0.25, 0.3) is 0 Å². The Hall–Kier alpha value is -2.06. The molecular weight excluding hydrogens is 320 g/mol. The zero-order valence-electron chi connectivity index (χ0n) is 13.0. The predicted molar refractivity (Wildman–Crippen MR) is 82.1 cm³/mol. The summed E-state index contributed by atoms with van der Waals surface area (Å²) < 4.78 is 43.4. The van der Waals surface area contributed by atoms with E-state index in [4.69, 9.17) is 14.0 Å². The number of nitrogens with one attached hydrogen (secondary N) is 1. The Bertz CT molecular complexity index is 794. The van der Waals surface area contributed by atoms with Crippen molar-refractivity contribution in [1.82, 2.24) is 9.88 Å². The van der Waals surface area contributed by atoms with Crippen LogP contribution in [-0.2, 0) is 16.6 Å². The third kappa shape index (κ3) is 3.32. The third-order valence-electron chi connectivity index (χ3n) is 3.51. The topological polar surface area (TPSA) is 90.7 Å². The Morgan fingerprint density at radius 2 is 1.91 bits per heavy atom. The standard InChI is InChI=1S/C15H18N2O5S/c1-10-15(11(2)22-17-10)23(18,19)16-9-12-4-5-13-14(8-12)21-7-3-6-20-13/h4-5,8,16H,3,6-7,9H2,1-2H3. The number of aromatic nitrogens is 1. The SMILES string of the molecule is Cc1noc(C)c1S(=O)(=O)NCc1ccc2c(c1)OCCCO2. The quantitative estimate of drug-likeness (QED) is 0.916. The monoisotopic (exact) mass is 338 g/mol. The summed E-state index contributed by atoms with van der Waals surface area (Å²) >= 11 is 0. The van der Waals surface area contributed by atoms with Crippen LogP contribution in [0.5, 0.6) is 11.5 Å². The molecule has 7 nitrogen and oxygen atoms in total. The predicted octanol–water partition coefficient (Wildman–Crippen LogP) is 1.93. The maximum atomic E-state index is 12.4. The van der Waals surface area contributed by atoms with Crippen LogP contribution in [0.1, 0.15) is 23.4 Å². The molecule has 0 unspecified atom stereocenters. The normalized spacial score (nSPS) is 14.5. The number of benzene rings is 1. The number of aryl methyl sites for hydroxylation is 2. The molecule has 0 radical (unpaired) electrons. The van der Waals surface area contributed by atoms with Crippen LogP contribution in [0.4, 0.5) is 0 Å². The van der Waals surface area contributed by atoms with E-state index in [0.717, 1.165) is 12.0 Å². The first kappa shape index (κ1) is 15.8. The smallest absolute Gasteiger partial charge is 0.246 e. The van der Waals surface area contributed by atoms with E-state index in [-0.39, 0.29) is 17.2 Å². The minimum atomic E-state index is -3.68. The molecule has 23 heavy (non-hydrogen) atoms. The van der Waals surface area contributed by atoms with Crippen molar-refractivity contribution in [2.75, 3.05) is 13.2 Å². The molecule has 1 aromatic carbocycles. The Morgan fingerprint density at radius 1 is 1.17 bits per heavy atom. The Balaban J connectivity index is 1.77. The average Bonchev–Trinajstić information content (AvgIpc) is 2.73. The van der Waals surface area contributed by atoms with E-state index >= 15 is 0 Å². The van der Waals surface area contributed by atoms with Gasteiger partial charge in [-0.3, -0.25) is 0 Å². The van der Waals surface area contributed by atoms with Crippen molar-refractivity contribution < 1.29 is 22.4 Å². The zero-order valence-corrected chi connectivity index (χ0v) is 13.8. The number of fused-ring (bicyclic) bond motifs is 1. The summed E-state index contributed by atoms with van der Waals surface area (Å²) in [7, 11) is -3.68. The van der Waals surface area contributed by atoms with E-state index in [1.807, 2.05) is 6.07 Å². The number of hydrogen-bond acceptors (Lipinski definition) is 6. The van der Waals surface area contributed by atoms with E-state index in [0.29, 0.717) is 30.4 Å². The van der Waals surface area contributed by atoms with Crippen LogP contribution in [-0.4, -0.2) is 26.8 Å². The van der Waals surface area contributed by atoms with Crippen molar-refractivity contribution in [3.63, 3.8) is 0 Å². The number of nitrogens with zero attached hydrogens (tertiary/aromatic N) is 1. The minimum absolute atomic E-state index is 0.0897. The molecular formula is C15H18N2O5S. The molecule has 0 spiro atoms. The van der Waals surface area contributed by atoms with Gasteiger partial charge < -0.3 is 14.0 Å². The molecule has 0 saturated carbocycles. The lowest BCUT2D eigenvalue weighted by atomic mass is 10.2. The van der Waals surface area contributed by atoms with Gasteiger partial charge in [-0.05, 0) is 31.5 Å². The molecule has 1 N–H and O–H groups in total. The van der Waals surface area contributed by atoms with Crippen LogP contribution in [0.25, 0.3) is 0 Å². The molecule has 0 amide bonds. The van der Waals surface area contributed by atoms with Gasteiger partial charge in [0.15, 0.2) is 17.3 Å². The van der Waals surface area contributed by atoms with Gasteiger partial charge >= 0.3 is 0 Å². The fraction of sp³-hybridized carbons (Fsp3) is 0.400. The molecule has 0 saturated heterocycles. The van der Waals surface area contributed by atoms with Crippen molar-refractivity contribution in [2.45, 2.75) is 31.7 Å². The summed E-state index contributed by atoms with van der Waals surface area (Å²) in [6.07, 6.45) is 0.822. The van der Waals surface area contributed by atoms with Crippen LogP contribution in [0, 0.1) is 13.8 Å². The van der Waals surface area contributed by atoms with Crippen LogP contribution < -0.4 is 14.2 Å². The second-order valence-electron chi connectivity index (χ2n) is 5.31. The first-order valence-electron chi connectivity index (χ1n) is 7.28. The van der Waals surface area contributed by atoms with Crippen LogP contribution in [0.15, 0.2) is 27.6 Å². The van der Waals surface area contributed by atoms with Crippen molar-refractivity contribution in [1.29, 1.82) is 0 Å². The summed E-state index contributed by atoms with van der Waals surface area (Å²) in [6, 6.07) is 5.39. The van der Waals surface area contributed by atoms with Gasteiger partial charge in [0.1, 0.15) is 10.6 Å². The molecule has 0 aliphatic carbocycles. The van der Waals surface area contributed by atoms with Gasteiger partial charge in [0, 0.05) is 13.0 Å². The minimum Gasteiger partial charge on any atom is -0.490 e. The highest BCUT2D eigenvalue weighted by atomic mass is 32.2. The molecule has 2 heterocycles. The van der Waals surface area contributed by atoms with Crippen LogP contribution in [0.2, 0.25) is 0 Å². The lowest BCUT2D eigenvalue weighted by Crippen LogP contribution is -2.24. The van der Waals surface area contributed by atoms with Crippen LogP contribution >= 0.6 is 0 Å². The van der Waals surface area contributed by atoms with Gasteiger partial charge in [0.05, 0.1) is 13.2 Å². The van der Waals surface area contributed by atoms with Gasteiger partial charge in [-0.25, -0.2) is 13.1 Å². The summed E-state index contributed by atoms with van der Waals surface area (Å²) in [6.45, 7) is 4.51. The van der Waals surface area contributed by atoms with E-state index in [9.17, 15) is 8.42 Å². The lowest BCUT2D eigenvalue weighted by Gasteiger charge is -2.10. The van der Waals surface area contributed by atoms with Gasteiger partial charge in [-0.2, -0.15) is 0 Å². The molecule has 124 valence electrons. The molecule has 1 aliphatic heterocycles. The van der Waals surface area contributed by atoms with Gasteiger partial charge in [-0.15, -0.1) is 0 Å². The molecule has 8 heteroatoms. The second kappa shape index (κ2) is 6.21. The molecule has 3 rings (SSSR count). The highest BCUT2D eigenvalue weighted by Gasteiger charge is 2.24. The van der Waals surface area contributed by atoms with Crippen LogP contribution in [0.3, 0.4) is 0 Å². The third-order valence-corrected chi connectivity index (χ3v) is 5.16. The maximum absolute atomic E-state index is 12.4. The highest BCUT2D eigenvalue weighted by molar-refractivity contribution is 7.89. The summed E-state index contributed by atoms with van der Waals surface area (Å²) in [5, 5.41) is 3.67. The Labute approximate surface area is 134 Å². The van der Waals surface area contributed by atoms with E-state index in [1.165, 1.54) is 0 Å². The maximum Gasteiger partial charge on any atom is 0.246 e. The van der Waals surface area contributed by atoms with Crippen molar-refractivity contribution >= 4 is 10.0 Å². The fourth-order valence-electron chi connectivity index (χ4n) is 2.43. The molecule has 2 aromatic rings. The summed E-state index contributed by atoms with van der Waals surface area (Å²) in [5.41, 5.74) is 1.12. The lowest BCUT2D eigenvalue weighted by molar-refractivity contribution is 0.297. The first-order valence-corrected chi connectivity index (χ1v) is 8.77. The molecule has 0 bridgehead atoms. The molecule has 0 atom stereocenters. The fourth-order valence-corrected chi connectivity index (χ4v) is 3.77. The zero-order chi connectivity index (χ0) is 16.4. The number of ether oxygens (including phenoxy) is 2. The number of rotatable bonds is 4. The van der Waals surface area contributed by atoms with Crippen molar-refractivity contribution in [3.8, 4) is 11.5 Å². The van der Waals surface area contributed by atoms with Gasteiger partial charge in [-0.1, -0.05) is 11.2 Å². The number of sulfonamides is 1. The van der Waals surface area contributed by atoms with Crippen molar-refractivity contribution in [2.24, 2.45) is 0 Å². The Morgan fingerprint density at radius 3 is 2.61 bits per heavy atom. The highest BCUT2D eigenvalue weighted by Crippen LogP contribution is 2.30. The average molecular weight is 338 g/mol. The molecule has 0 fully saturated rings. The molecule has 1 aromatic heterocycles. The summed E-state index contributed by atoms with van der Waals surface area (Å²) in [4.78, 5) is 0.0897. The van der Waals surface area contributed by atoms with Gasteiger partial charge in [0.2, 0.25) is 10.0 Å². The second-order valence-corrected chi connectivity index (χ2v) is 7.01. The largest absolute Gasteiger partial charge is 0.490 e. The number of hydrogen-bond donors (Lipinski definition) is 1. The summed E-state index contributed by atoms with van der Waals surface area (Å²) in [5.74, 6) is 1.59. The molecule has 1 aliphatic rings. The van der Waals surface area contributed by atoms with E-state index in [1.54, 1.807) is 26.0 Å². The Kier molecular flexibility index (Phi) is 4.27. The van der Waals surface area contributed by atoms with Crippen molar-refractivity contribution in [3.05, 3.63) is 35.2 Å². The van der Waals surface area contributed by atoms with E-state index < -0.39 is 10.0 Å². The van der Waals surface area contributed by atoms with E-state index in [2.05, 4.69) is 9.88 Å². The first-order chi connectivity index (χ1) is 11.0.